The minimum atomic E-state index is -1.11. The number of hydrogen-bond donors (Lipinski definition) is 0. The predicted molar refractivity (Wildman–Crippen MR) is 94.3 cm³/mol. The molecular weight excluding hydrogens is 340 g/mol. The Morgan fingerprint density at radius 2 is 1.58 bits per heavy atom. The number of carbonyl (C=O) groups excluding carboxylic acids is 2. The molecule has 0 saturated heterocycles. The highest BCUT2D eigenvalue weighted by Crippen LogP contribution is 2.10. The molecule has 7 heteroatoms. The lowest BCUT2D eigenvalue weighted by molar-refractivity contribution is -0.452. The lowest BCUT2D eigenvalue weighted by atomic mass is 10.1. The number of carbonyl (C=O) groups is 2. The van der Waals surface area contributed by atoms with Crippen LogP contribution < -0.4 is 0 Å². The standard InChI is InChI=1S/C19H28O7/c1-3-5-7-8-16-9-11-17(12-10-16)18(20)24-26-25-19(21)23-15-14-22-13-6-4-2/h9-12H,3-8,13-15H2,1-2H3. The molecule has 0 heterocycles. The van der Waals surface area contributed by atoms with Crippen LogP contribution in [-0.4, -0.2) is 31.9 Å². The van der Waals surface area contributed by atoms with Gasteiger partial charge < -0.3 is 9.47 Å². The minimum absolute atomic E-state index is 0.0271. The van der Waals surface area contributed by atoms with Gasteiger partial charge >= 0.3 is 12.1 Å². The van der Waals surface area contributed by atoms with Gasteiger partial charge in [-0.05, 0) is 37.0 Å². The molecule has 1 aromatic rings. The molecule has 0 atom stereocenters. The van der Waals surface area contributed by atoms with Gasteiger partial charge in [-0.3, -0.25) is 4.89 Å². The first-order chi connectivity index (χ1) is 12.7. The fourth-order valence-electron chi connectivity index (χ4n) is 2.07. The van der Waals surface area contributed by atoms with Crippen molar-refractivity contribution in [3.8, 4) is 0 Å². The van der Waals surface area contributed by atoms with Crippen molar-refractivity contribution < 1.29 is 33.9 Å². The van der Waals surface area contributed by atoms with Crippen molar-refractivity contribution >= 4 is 12.1 Å². The third kappa shape index (κ3) is 10.0. The SMILES string of the molecule is CCCCCc1ccc(C(=O)OOOC(=O)OCCOCCCC)cc1. The second-order valence-electron chi connectivity index (χ2n) is 5.74. The first kappa shape index (κ1) is 21.9. The summed E-state index contributed by atoms with van der Waals surface area (Å²) >= 11 is 0. The van der Waals surface area contributed by atoms with Crippen LogP contribution in [0.1, 0.15) is 61.9 Å². The Hall–Kier alpha value is -2.12. The highest BCUT2D eigenvalue weighted by Gasteiger charge is 2.12. The van der Waals surface area contributed by atoms with E-state index in [-0.39, 0.29) is 13.2 Å². The number of aryl methyl sites for hydroxylation is 1. The molecule has 0 unspecified atom stereocenters. The van der Waals surface area contributed by atoms with Crippen molar-refractivity contribution in [3.63, 3.8) is 0 Å². The van der Waals surface area contributed by atoms with E-state index in [1.54, 1.807) is 12.1 Å². The van der Waals surface area contributed by atoms with E-state index in [0.29, 0.717) is 12.2 Å². The van der Waals surface area contributed by atoms with E-state index in [1.807, 2.05) is 12.1 Å². The van der Waals surface area contributed by atoms with Gasteiger partial charge in [0.15, 0.2) is 0 Å². The Bertz CT molecular complexity index is 513. The summed E-state index contributed by atoms with van der Waals surface area (Å²) < 4.78 is 9.88. The molecule has 0 saturated carbocycles. The van der Waals surface area contributed by atoms with Gasteiger partial charge in [0, 0.05) is 6.61 Å². The van der Waals surface area contributed by atoms with Crippen LogP contribution in [0.2, 0.25) is 0 Å². The van der Waals surface area contributed by atoms with Crippen LogP contribution in [0.3, 0.4) is 0 Å². The molecule has 0 bridgehead atoms. The summed E-state index contributed by atoms with van der Waals surface area (Å²) in [5.74, 6) is -0.763. The maximum Gasteiger partial charge on any atom is 0.543 e. The number of ether oxygens (including phenoxy) is 2. The van der Waals surface area contributed by atoms with E-state index in [9.17, 15) is 9.59 Å². The average Bonchev–Trinajstić information content (AvgIpc) is 2.65. The van der Waals surface area contributed by atoms with Crippen LogP contribution in [0.4, 0.5) is 4.79 Å². The normalized spacial score (nSPS) is 10.4. The van der Waals surface area contributed by atoms with Crippen LogP contribution in [-0.2, 0) is 30.7 Å². The summed E-state index contributed by atoms with van der Waals surface area (Å²) in [6, 6.07) is 7.00. The highest BCUT2D eigenvalue weighted by molar-refractivity contribution is 5.88. The van der Waals surface area contributed by atoms with Crippen molar-refractivity contribution in [2.24, 2.45) is 0 Å². The average molecular weight is 368 g/mol. The predicted octanol–water partition coefficient (Wildman–Crippen LogP) is 4.39. The summed E-state index contributed by atoms with van der Waals surface area (Å²) in [7, 11) is 0. The van der Waals surface area contributed by atoms with Crippen LogP contribution in [0, 0.1) is 0 Å². The maximum atomic E-state index is 11.8. The topological polar surface area (TPSA) is 80.3 Å². The molecule has 0 spiro atoms. The highest BCUT2D eigenvalue weighted by atomic mass is 17.5. The van der Waals surface area contributed by atoms with Gasteiger partial charge in [0.1, 0.15) is 6.61 Å². The molecule has 0 fully saturated rings. The van der Waals surface area contributed by atoms with Gasteiger partial charge in [0.25, 0.3) is 0 Å². The zero-order chi connectivity index (χ0) is 19.0. The molecule has 146 valence electrons. The number of rotatable bonds is 13. The Kier molecular flexibility index (Phi) is 11.9. The Morgan fingerprint density at radius 3 is 2.27 bits per heavy atom. The van der Waals surface area contributed by atoms with Crippen molar-refractivity contribution in [1.29, 1.82) is 0 Å². The molecule has 1 aromatic carbocycles. The van der Waals surface area contributed by atoms with E-state index < -0.39 is 12.1 Å². The zero-order valence-corrected chi connectivity index (χ0v) is 15.5. The van der Waals surface area contributed by atoms with Gasteiger partial charge in [0.2, 0.25) is 0 Å². The maximum absolute atomic E-state index is 11.8. The van der Waals surface area contributed by atoms with E-state index in [2.05, 4.69) is 33.4 Å². The molecule has 7 nitrogen and oxygen atoms in total. The minimum Gasteiger partial charge on any atom is -0.430 e. The summed E-state index contributed by atoms with van der Waals surface area (Å²) in [4.78, 5) is 31.6. The Labute approximate surface area is 154 Å². The van der Waals surface area contributed by atoms with Gasteiger partial charge in [-0.1, -0.05) is 45.2 Å². The van der Waals surface area contributed by atoms with Gasteiger partial charge in [-0.25, -0.2) is 14.5 Å². The summed E-state index contributed by atoms with van der Waals surface area (Å²) in [6.07, 6.45) is 5.29. The van der Waals surface area contributed by atoms with Crippen LogP contribution >= 0.6 is 0 Å². The molecule has 0 aromatic heterocycles. The van der Waals surface area contributed by atoms with Crippen molar-refractivity contribution in [2.45, 2.75) is 52.4 Å². The molecule has 0 radical (unpaired) electrons. The van der Waals surface area contributed by atoms with E-state index in [4.69, 9.17) is 4.74 Å². The van der Waals surface area contributed by atoms with E-state index in [1.165, 1.54) is 6.42 Å². The molecule has 0 aliphatic heterocycles. The number of hydrogen-bond acceptors (Lipinski definition) is 7. The first-order valence-corrected chi connectivity index (χ1v) is 9.06. The molecule has 1 rings (SSSR count). The van der Waals surface area contributed by atoms with Crippen molar-refractivity contribution in [3.05, 3.63) is 35.4 Å². The number of benzene rings is 1. The van der Waals surface area contributed by atoms with E-state index in [0.717, 1.165) is 37.7 Å². The summed E-state index contributed by atoms with van der Waals surface area (Å²) in [5.41, 5.74) is 1.45. The lowest BCUT2D eigenvalue weighted by Gasteiger charge is -2.05. The largest absolute Gasteiger partial charge is 0.543 e. The third-order valence-electron chi connectivity index (χ3n) is 3.56. The monoisotopic (exact) mass is 368 g/mol. The Morgan fingerprint density at radius 1 is 0.846 bits per heavy atom. The van der Waals surface area contributed by atoms with E-state index >= 15 is 0 Å². The fourth-order valence-corrected chi connectivity index (χ4v) is 2.07. The van der Waals surface area contributed by atoms with Crippen LogP contribution in [0.15, 0.2) is 24.3 Å². The van der Waals surface area contributed by atoms with Crippen LogP contribution in [0.5, 0.6) is 0 Å². The zero-order valence-electron chi connectivity index (χ0n) is 15.5. The summed E-state index contributed by atoms with van der Waals surface area (Å²) in [6.45, 7) is 5.11. The second-order valence-corrected chi connectivity index (χ2v) is 5.74. The summed E-state index contributed by atoms with van der Waals surface area (Å²) in [5, 5.41) is 4.15. The molecule has 26 heavy (non-hydrogen) atoms. The van der Waals surface area contributed by atoms with Gasteiger partial charge in [-0.15, -0.1) is 0 Å². The quantitative estimate of drug-likeness (QED) is 0.221. The molecule has 0 amide bonds. The molecular formula is C19H28O7. The Balaban J connectivity index is 2.16. The fraction of sp³-hybridized carbons (Fsp3) is 0.579. The molecule has 0 aliphatic rings. The molecule has 0 N–H and O–H groups in total. The smallest absolute Gasteiger partial charge is 0.430 e. The third-order valence-corrected chi connectivity index (χ3v) is 3.56. The van der Waals surface area contributed by atoms with Crippen molar-refractivity contribution in [2.75, 3.05) is 19.8 Å². The second kappa shape index (κ2) is 14.1. The molecule has 0 aliphatic carbocycles. The van der Waals surface area contributed by atoms with Crippen molar-refractivity contribution in [1.82, 2.24) is 0 Å². The first-order valence-electron chi connectivity index (χ1n) is 9.06. The van der Waals surface area contributed by atoms with Crippen LogP contribution in [0.25, 0.3) is 0 Å². The van der Waals surface area contributed by atoms with Gasteiger partial charge in [-0.2, -0.15) is 0 Å². The lowest BCUT2D eigenvalue weighted by Crippen LogP contribution is -2.14. The van der Waals surface area contributed by atoms with Gasteiger partial charge in [0.05, 0.1) is 17.2 Å². The number of unbranched alkanes of at least 4 members (excludes halogenated alkanes) is 3.